The third-order valence-corrected chi connectivity index (χ3v) is 3.99. The Morgan fingerprint density at radius 2 is 2.10 bits per heavy atom. The van der Waals surface area contributed by atoms with Gasteiger partial charge in [-0.25, -0.2) is 0 Å². The van der Waals surface area contributed by atoms with Crippen molar-refractivity contribution in [3.05, 3.63) is 35.4 Å². The summed E-state index contributed by atoms with van der Waals surface area (Å²) < 4.78 is 0. The van der Waals surface area contributed by atoms with Gasteiger partial charge in [-0.15, -0.1) is 0 Å². The molecule has 1 amide bonds. The number of benzene rings is 1. The van der Waals surface area contributed by atoms with Crippen LogP contribution < -0.4 is 5.32 Å². The van der Waals surface area contributed by atoms with E-state index in [2.05, 4.69) is 55.3 Å². The number of aryl methyl sites for hydroxylation is 1. The van der Waals surface area contributed by atoms with E-state index < -0.39 is 0 Å². The van der Waals surface area contributed by atoms with Crippen LogP contribution in [0.2, 0.25) is 0 Å². The summed E-state index contributed by atoms with van der Waals surface area (Å²) in [6.07, 6.45) is 0.0259. The second-order valence-corrected chi connectivity index (χ2v) is 5.31. The summed E-state index contributed by atoms with van der Waals surface area (Å²) in [7, 11) is 0. The molecule has 1 unspecified atom stereocenters. The van der Waals surface area contributed by atoms with E-state index in [0.717, 1.165) is 26.2 Å². The molecule has 0 aliphatic carbocycles. The fourth-order valence-corrected chi connectivity index (χ4v) is 2.72. The van der Waals surface area contributed by atoms with Crippen molar-refractivity contribution in [3.63, 3.8) is 0 Å². The molecule has 0 bridgehead atoms. The molecule has 0 aromatic heterocycles. The Hall–Kier alpha value is -1.39. The van der Waals surface area contributed by atoms with Crippen molar-refractivity contribution in [2.24, 2.45) is 0 Å². The van der Waals surface area contributed by atoms with E-state index >= 15 is 0 Å². The Bertz CT molecular complexity index is 457. The first-order valence-electron chi connectivity index (χ1n) is 7.47. The molecule has 0 spiro atoms. The van der Waals surface area contributed by atoms with Crippen LogP contribution in [-0.2, 0) is 4.79 Å². The van der Waals surface area contributed by atoms with Gasteiger partial charge in [-0.05, 0) is 25.6 Å². The highest BCUT2D eigenvalue weighted by Crippen LogP contribution is 2.22. The maximum absolute atomic E-state index is 12.1. The van der Waals surface area contributed by atoms with Gasteiger partial charge in [-0.2, -0.15) is 0 Å². The minimum atomic E-state index is 0.0259. The average molecular weight is 275 g/mol. The van der Waals surface area contributed by atoms with Gasteiger partial charge in [0.15, 0.2) is 0 Å². The number of nitrogens with one attached hydrogen (secondary N) is 1. The normalized spacial score (nSPS) is 19.1. The number of hydrogen-bond acceptors (Lipinski definition) is 3. The van der Waals surface area contributed by atoms with Gasteiger partial charge < -0.3 is 9.80 Å². The second-order valence-electron chi connectivity index (χ2n) is 5.31. The van der Waals surface area contributed by atoms with E-state index in [1.807, 2.05) is 4.90 Å². The molecule has 1 fully saturated rings. The lowest BCUT2D eigenvalue weighted by atomic mass is 10.1. The number of rotatable bonds is 6. The van der Waals surface area contributed by atoms with Crippen molar-refractivity contribution < 1.29 is 4.79 Å². The Labute approximate surface area is 121 Å². The molecule has 1 aliphatic heterocycles. The largest absolute Gasteiger partial charge is 0.321 e. The Morgan fingerprint density at radius 3 is 2.75 bits per heavy atom. The van der Waals surface area contributed by atoms with E-state index in [4.69, 9.17) is 0 Å². The number of nitrogens with zero attached hydrogens (tertiary/aromatic N) is 2. The molecule has 4 heteroatoms. The van der Waals surface area contributed by atoms with Crippen molar-refractivity contribution in [2.75, 3.05) is 32.7 Å². The SMILES string of the molecule is CCN(CC)CCN1C(=O)CNC1c1cccc(C)c1. The van der Waals surface area contributed by atoms with Gasteiger partial charge in [0.05, 0.1) is 6.54 Å². The summed E-state index contributed by atoms with van der Waals surface area (Å²) in [5.74, 6) is 0.198. The third-order valence-electron chi connectivity index (χ3n) is 3.99. The van der Waals surface area contributed by atoms with Crippen molar-refractivity contribution in [1.82, 2.24) is 15.1 Å². The Morgan fingerprint density at radius 1 is 1.35 bits per heavy atom. The highest BCUT2D eigenvalue weighted by molar-refractivity contribution is 5.81. The van der Waals surface area contributed by atoms with Crippen molar-refractivity contribution in [2.45, 2.75) is 26.9 Å². The molecule has 1 aromatic carbocycles. The van der Waals surface area contributed by atoms with E-state index in [1.54, 1.807) is 0 Å². The first kappa shape index (κ1) is 15.0. The maximum atomic E-state index is 12.1. The van der Waals surface area contributed by atoms with E-state index in [0.29, 0.717) is 6.54 Å². The number of likely N-dealkylation sites (N-methyl/N-ethyl adjacent to an activating group) is 1. The van der Waals surface area contributed by atoms with E-state index in [-0.39, 0.29) is 12.1 Å². The standard InChI is InChI=1S/C16H25N3O/c1-4-18(5-2)9-10-19-15(20)12-17-16(19)14-8-6-7-13(3)11-14/h6-8,11,16-17H,4-5,9-10,12H2,1-3H3. The smallest absolute Gasteiger partial charge is 0.238 e. The maximum Gasteiger partial charge on any atom is 0.238 e. The van der Waals surface area contributed by atoms with Gasteiger partial charge in [0, 0.05) is 13.1 Å². The Balaban J connectivity index is 2.06. The van der Waals surface area contributed by atoms with Crippen LogP contribution in [0.4, 0.5) is 0 Å². The van der Waals surface area contributed by atoms with Gasteiger partial charge in [0.2, 0.25) is 5.91 Å². The average Bonchev–Trinajstić information content (AvgIpc) is 2.81. The van der Waals surface area contributed by atoms with Crippen LogP contribution in [0.15, 0.2) is 24.3 Å². The fourth-order valence-electron chi connectivity index (χ4n) is 2.72. The van der Waals surface area contributed by atoms with Crippen LogP contribution in [0.25, 0.3) is 0 Å². The summed E-state index contributed by atoms with van der Waals surface area (Å²) in [5, 5.41) is 3.32. The molecule has 2 rings (SSSR count). The zero-order valence-electron chi connectivity index (χ0n) is 12.7. The molecule has 1 N–H and O–H groups in total. The highest BCUT2D eigenvalue weighted by Gasteiger charge is 2.31. The summed E-state index contributed by atoms with van der Waals surface area (Å²) in [5.41, 5.74) is 2.41. The van der Waals surface area contributed by atoms with Crippen LogP contribution in [-0.4, -0.2) is 48.4 Å². The molecule has 1 saturated heterocycles. The number of hydrogen-bond donors (Lipinski definition) is 1. The molecule has 0 radical (unpaired) electrons. The molecular formula is C16H25N3O. The van der Waals surface area contributed by atoms with Crippen LogP contribution in [0.3, 0.4) is 0 Å². The first-order valence-corrected chi connectivity index (χ1v) is 7.47. The van der Waals surface area contributed by atoms with E-state index in [9.17, 15) is 4.79 Å². The number of carbonyl (C=O) groups is 1. The number of carbonyl (C=O) groups excluding carboxylic acids is 1. The van der Waals surface area contributed by atoms with Crippen molar-refractivity contribution >= 4 is 5.91 Å². The van der Waals surface area contributed by atoms with Crippen LogP contribution in [0, 0.1) is 6.92 Å². The molecule has 1 aromatic rings. The predicted octanol–water partition coefficient (Wildman–Crippen LogP) is 1.77. The fraction of sp³-hybridized carbons (Fsp3) is 0.562. The Kier molecular flexibility index (Phi) is 5.15. The van der Waals surface area contributed by atoms with Gasteiger partial charge in [-0.3, -0.25) is 10.1 Å². The molecule has 1 atom stereocenters. The van der Waals surface area contributed by atoms with Crippen LogP contribution in [0.1, 0.15) is 31.1 Å². The summed E-state index contributed by atoms with van der Waals surface area (Å²) >= 11 is 0. The van der Waals surface area contributed by atoms with Crippen LogP contribution in [0.5, 0.6) is 0 Å². The van der Waals surface area contributed by atoms with Crippen molar-refractivity contribution in [3.8, 4) is 0 Å². The summed E-state index contributed by atoms with van der Waals surface area (Å²) in [6, 6.07) is 8.38. The lowest BCUT2D eigenvalue weighted by molar-refractivity contribution is -0.128. The molecule has 4 nitrogen and oxygen atoms in total. The van der Waals surface area contributed by atoms with E-state index in [1.165, 1.54) is 11.1 Å². The second kappa shape index (κ2) is 6.86. The molecular weight excluding hydrogens is 250 g/mol. The molecule has 1 heterocycles. The molecule has 0 saturated carbocycles. The number of amides is 1. The van der Waals surface area contributed by atoms with Gasteiger partial charge in [0.25, 0.3) is 0 Å². The topological polar surface area (TPSA) is 35.6 Å². The predicted molar refractivity (Wildman–Crippen MR) is 81.4 cm³/mol. The minimum absolute atomic E-state index is 0.0259. The van der Waals surface area contributed by atoms with Crippen LogP contribution >= 0.6 is 0 Å². The third kappa shape index (κ3) is 3.38. The zero-order valence-corrected chi connectivity index (χ0v) is 12.7. The van der Waals surface area contributed by atoms with Crippen molar-refractivity contribution in [1.29, 1.82) is 0 Å². The van der Waals surface area contributed by atoms with Gasteiger partial charge in [-0.1, -0.05) is 43.7 Å². The molecule has 110 valence electrons. The summed E-state index contributed by atoms with van der Waals surface area (Å²) in [6.45, 7) is 10.6. The summed E-state index contributed by atoms with van der Waals surface area (Å²) in [4.78, 5) is 16.4. The zero-order chi connectivity index (χ0) is 14.5. The monoisotopic (exact) mass is 275 g/mol. The van der Waals surface area contributed by atoms with Gasteiger partial charge >= 0.3 is 0 Å². The lowest BCUT2D eigenvalue weighted by Crippen LogP contribution is -2.38. The lowest BCUT2D eigenvalue weighted by Gasteiger charge is -2.28. The van der Waals surface area contributed by atoms with Gasteiger partial charge in [0.1, 0.15) is 6.17 Å². The molecule has 1 aliphatic rings. The molecule has 20 heavy (non-hydrogen) atoms. The first-order chi connectivity index (χ1) is 9.65. The highest BCUT2D eigenvalue weighted by atomic mass is 16.2. The minimum Gasteiger partial charge on any atom is -0.321 e. The quantitative estimate of drug-likeness (QED) is 0.859.